The van der Waals surface area contributed by atoms with Gasteiger partial charge in [0.1, 0.15) is 28.9 Å². The molecule has 0 aliphatic carbocycles. The zero-order chi connectivity index (χ0) is 27.2. The van der Waals surface area contributed by atoms with Crippen LogP contribution in [0.4, 0.5) is 10.5 Å². The van der Waals surface area contributed by atoms with Crippen LogP contribution in [0.2, 0.25) is 0 Å². The van der Waals surface area contributed by atoms with Crippen LogP contribution in [-0.2, 0) is 18.9 Å². The normalized spacial score (nSPS) is 23.8. The van der Waals surface area contributed by atoms with Gasteiger partial charge in [-0.25, -0.2) is 9.59 Å². The number of benzene rings is 2. The summed E-state index contributed by atoms with van der Waals surface area (Å²) in [6.07, 6.45) is -3.99. The van der Waals surface area contributed by atoms with E-state index in [9.17, 15) is 14.4 Å². The van der Waals surface area contributed by atoms with E-state index in [1.807, 2.05) is 0 Å². The molecule has 2 aliphatic heterocycles. The summed E-state index contributed by atoms with van der Waals surface area (Å²) in [4.78, 5) is 37.3. The minimum absolute atomic E-state index is 0.00721. The molecule has 38 heavy (non-hydrogen) atoms. The van der Waals surface area contributed by atoms with Gasteiger partial charge in [0.2, 0.25) is 12.4 Å². The van der Waals surface area contributed by atoms with Crippen molar-refractivity contribution in [3.8, 4) is 11.5 Å². The first-order chi connectivity index (χ1) is 18.1. The van der Waals surface area contributed by atoms with Crippen molar-refractivity contribution in [2.45, 2.75) is 51.0 Å². The van der Waals surface area contributed by atoms with E-state index in [1.54, 1.807) is 57.2 Å². The summed E-state index contributed by atoms with van der Waals surface area (Å²) in [7, 11) is 3.03. The SMILES string of the molecule is COc1ccc(C(=O)Nc2cc3ccc(O[C@@H]4OC(C)(C)[C@H](OC)[C@@H]5OC(=O)O[C@H]45)c(C)c3oc2=O)cc1. The monoisotopic (exact) mass is 525 g/mol. The number of hydrogen-bond donors (Lipinski definition) is 1. The molecule has 0 unspecified atom stereocenters. The second-order valence-corrected chi connectivity index (χ2v) is 9.52. The van der Waals surface area contributed by atoms with E-state index in [4.69, 9.17) is 32.8 Å². The number of nitrogens with one attached hydrogen (secondary N) is 1. The highest BCUT2D eigenvalue weighted by Crippen LogP contribution is 2.39. The first kappa shape index (κ1) is 25.6. The number of rotatable bonds is 6. The smallest absolute Gasteiger partial charge is 0.497 e. The quantitative estimate of drug-likeness (QED) is 0.374. The number of carbonyl (C=O) groups is 2. The summed E-state index contributed by atoms with van der Waals surface area (Å²) in [5.41, 5.74) is -0.446. The number of anilines is 1. The largest absolute Gasteiger partial charge is 0.509 e. The van der Waals surface area contributed by atoms with Crippen LogP contribution in [0.25, 0.3) is 11.0 Å². The lowest BCUT2D eigenvalue weighted by Gasteiger charge is -2.45. The number of fused-ring (bicyclic) bond motifs is 2. The average Bonchev–Trinajstić information content (AvgIpc) is 3.27. The third kappa shape index (κ3) is 4.54. The fraction of sp³-hybridized carbons (Fsp3) is 0.370. The van der Waals surface area contributed by atoms with E-state index >= 15 is 0 Å². The number of carbonyl (C=O) groups excluding carboxylic acids is 2. The molecule has 0 saturated carbocycles. The third-order valence-electron chi connectivity index (χ3n) is 6.66. The number of ether oxygens (including phenoxy) is 6. The molecule has 1 aromatic heterocycles. The topological polar surface area (TPSA) is 132 Å². The Bertz CT molecular complexity index is 1440. The Kier molecular flexibility index (Phi) is 6.49. The van der Waals surface area contributed by atoms with Crippen LogP contribution < -0.4 is 20.4 Å². The Morgan fingerprint density at radius 3 is 2.39 bits per heavy atom. The van der Waals surface area contributed by atoms with Gasteiger partial charge in [-0.2, -0.15) is 0 Å². The molecule has 11 heteroatoms. The highest BCUT2D eigenvalue weighted by atomic mass is 16.8. The van der Waals surface area contributed by atoms with Gasteiger partial charge >= 0.3 is 11.8 Å². The maximum atomic E-state index is 12.7. The van der Waals surface area contributed by atoms with Crippen molar-refractivity contribution in [3.05, 3.63) is 64.0 Å². The average molecular weight is 526 g/mol. The van der Waals surface area contributed by atoms with E-state index in [0.29, 0.717) is 28.0 Å². The molecule has 2 saturated heterocycles. The van der Waals surface area contributed by atoms with Crippen molar-refractivity contribution in [1.82, 2.24) is 0 Å². The molecule has 200 valence electrons. The van der Waals surface area contributed by atoms with Crippen LogP contribution in [0, 0.1) is 6.92 Å². The Balaban J connectivity index is 1.40. The van der Waals surface area contributed by atoms with Gasteiger partial charge in [0.25, 0.3) is 5.91 Å². The fourth-order valence-electron chi connectivity index (χ4n) is 4.75. The molecule has 1 amide bonds. The second kappa shape index (κ2) is 9.66. The first-order valence-electron chi connectivity index (χ1n) is 11.9. The Morgan fingerprint density at radius 1 is 1.00 bits per heavy atom. The molecule has 0 bridgehead atoms. The highest BCUT2D eigenvalue weighted by Gasteiger charge is 2.59. The number of methoxy groups -OCH3 is 2. The lowest BCUT2D eigenvalue weighted by atomic mass is 9.89. The van der Waals surface area contributed by atoms with Crippen molar-refractivity contribution in [3.63, 3.8) is 0 Å². The van der Waals surface area contributed by atoms with E-state index in [0.717, 1.165) is 0 Å². The molecular weight excluding hydrogens is 498 g/mol. The summed E-state index contributed by atoms with van der Waals surface area (Å²) in [5.74, 6) is 0.495. The number of aryl methyl sites for hydroxylation is 1. The maximum Gasteiger partial charge on any atom is 0.509 e. The summed E-state index contributed by atoms with van der Waals surface area (Å²) in [6, 6.07) is 11.4. The van der Waals surface area contributed by atoms with Crippen molar-refractivity contribution < 1.29 is 42.4 Å². The Hall–Kier alpha value is -4.09. The van der Waals surface area contributed by atoms with Crippen molar-refractivity contribution in [2.24, 2.45) is 0 Å². The molecule has 4 atom stereocenters. The minimum Gasteiger partial charge on any atom is -0.497 e. The zero-order valence-electron chi connectivity index (χ0n) is 21.4. The van der Waals surface area contributed by atoms with E-state index in [2.05, 4.69) is 5.32 Å². The van der Waals surface area contributed by atoms with Crippen LogP contribution in [0.3, 0.4) is 0 Å². The predicted octanol–water partition coefficient (Wildman–Crippen LogP) is 3.80. The second-order valence-electron chi connectivity index (χ2n) is 9.52. The van der Waals surface area contributed by atoms with E-state index in [1.165, 1.54) is 20.3 Å². The van der Waals surface area contributed by atoms with E-state index < -0.39 is 47.9 Å². The van der Waals surface area contributed by atoms with Crippen LogP contribution in [0.1, 0.15) is 29.8 Å². The van der Waals surface area contributed by atoms with Gasteiger partial charge in [0.15, 0.2) is 6.10 Å². The summed E-state index contributed by atoms with van der Waals surface area (Å²) in [5, 5.41) is 3.16. The molecule has 0 spiro atoms. The summed E-state index contributed by atoms with van der Waals surface area (Å²) in [6.45, 7) is 5.32. The number of amides is 1. The molecule has 2 aliphatic rings. The van der Waals surface area contributed by atoms with Gasteiger partial charge in [-0.1, -0.05) is 0 Å². The first-order valence-corrected chi connectivity index (χ1v) is 11.9. The van der Waals surface area contributed by atoms with Crippen molar-refractivity contribution in [2.75, 3.05) is 19.5 Å². The van der Waals surface area contributed by atoms with Gasteiger partial charge in [0.05, 0.1) is 12.7 Å². The van der Waals surface area contributed by atoms with Crippen molar-refractivity contribution >= 4 is 28.7 Å². The van der Waals surface area contributed by atoms with Gasteiger partial charge in [0, 0.05) is 23.6 Å². The zero-order valence-corrected chi connectivity index (χ0v) is 21.4. The standard InChI is InChI=1S/C27H27NO10/c1-13-18(34-25-21-20(36-26(31)37-21)22(33-5)27(2,3)38-25)11-8-15-12-17(24(30)35-19(13)15)28-23(29)14-6-9-16(32-4)10-7-14/h6-12,20-22,25H,1-5H3,(H,28,29)/t20-,21+,22-,25-/m1/s1. The van der Waals surface area contributed by atoms with Crippen LogP contribution in [-0.4, -0.2) is 56.5 Å². The summed E-state index contributed by atoms with van der Waals surface area (Å²) < 4.78 is 39.0. The van der Waals surface area contributed by atoms with E-state index in [-0.39, 0.29) is 11.3 Å². The Morgan fingerprint density at radius 2 is 1.71 bits per heavy atom. The molecule has 3 aromatic rings. The molecule has 11 nitrogen and oxygen atoms in total. The van der Waals surface area contributed by atoms with Crippen LogP contribution in [0.5, 0.6) is 11.5 Å². The predicted molar refractivity (Wildman–Crippen MR) is 134 cm³/mol. The van der Waals surface area contributed by atoms with Gasteiger partial charge in [-0.15, -0.1) is 0 Å². The molecule has 2 aromatic carbocycles. The van der Waals surface area contributed by atoms with Gasteiger partial charge < -0.3 is 38.2 Å². The van der Waals surface area contributed by atoms with Gasteiger partial charge in [-0.05, 0) is 63.2 Å². The van der Waals surface area contributed by atoms with Crippen LogP contribution in [0.15, 0.2) is 51.7 Å². The molecule has 3 heterocycles. The highest BCUT2D eigenvalue weighted by molar-refractivity contribution is 6.04. The molecule has 2 fully saturated rings. The molecule has 0 radical (unpaired) electrons. The lowest BCUT2D eigenvalue weighted by molar-refractivity contribution is -0.282. The Labute approximate surface area is 217 Å². The van der Waals surface area contributed by atoms with Gasteiger partial charge in [-0.3, -0.25) is 4.79 Å². The molecule has 5 rings (SSSR count). The molecular formula is C27H27NO10. The minimum atomic E-state index is -1.00. The maximum absolute atomic E-state index is 12.7. The fourth-order valence-corrected chi connectivity index (χ4v) is 4.75. The number of hydrogen-bond acceptors (Lipinski definition) is 10. The van der Waals surface area contributed by atoms with Crippen LogP contribution >= 0.6 is 0 Å². The third-order valence-corrected chi connectivity index (χ3v) is 6.66. The van der Waals surface area contributed by atoms with Crippen molar-refractivity contribution in [1.29, 1.82) is 0 Å². The molecule has 1 N–H and O–H groups in total. The lowest BCUT2D eigenvalue weighted by Crippen LogP contribution is -2.62. The summed E-state index contributed by atoms with van der Waals surface area (Å²) >= 11 is 0.